The van der Waals surface area contributed by atoms with E-state index in [1.54, 1.807) is 0 Å². The van der Waals surface area contributed by atoms with Crippen molar-refractivity contribution in [2.45, 2.75) is 19.0 Å². The van der Waals surface area contributed by atoms with Gasteiger partial charge in [0.25, 0.3) is 0 Å². The second kappa shape index (κ2) is 5.54. The molecule has 1 aliphatic heterocycles. The van der Waals surface area contributed by atoms with Gasteiger partial charge in [-0.25, -0.2) is 4.98 Å². The minimum atomic E-state index is -4.42. The summed E-state index contributed by atoms with van der Waals surface area (Å²) in [5, 5.41) is 0.0347. The lowest BCUT2D eigenvalue weighted by Crippen LogP contribution is -2.39. The Bertz CT molecular complexity index is 450. The van der Waals surface area contributed by atoms with Crippen LogP contribution in [-0.4, -0.2) is 24.6 Å². The molecule has 1 fully saturated rings. The minimum Gasteiger partial charge on any atom is -0.355 e. The molecule has 0 spiro atoms. The third-order valence-electron chi connectivity index (χ3n) is 3.30. The van der Waals surface area contributed by atoms with E-state index in [1.165, 1.54) is 0 Å². The summed E-state index contributed by atoms with van der Waals surface area (Å²) >= 11 is 5.92. The highest BCUT2D eigenvalue weighted by molar-refractivity contribution is 6.33. The number of anilines is 1. The number of piperidine rings is 1. The first-order chi connectivity index (χ1) is 8.91. The van der Waals surface area contributed by atoms with Gasteiger partial charge in [-0.2, -0.15) is 13.2 Å². The predicted molar refractivity (Wildman–Crippen MR) is 68.2 cm³/mol. The number of halogens is 4. The van der Waals surface area contributed by atoms with Crippen LogP contribution in [0, 0.1) is 5.92 Å². The Morgan fingerprint density at radius 2 is 2.21 bits per heavy atom. The molecular formula is C12H15ClF3N3. The first-order valence-electron chi connectivity index (χ1n) is 6.09. The van der Waals surface area contributed by atoms with Gasteiger partial charge in [0.05, 0.1) is 10.6 Å². The summed E-state index contributed by atoms with van der Waals surface area (Å²) in [5.41, 5.74) is 4.81. The molecule has 106 valence electrons. The van der Waals surface area contributed by atoms with Crippen LogP contribution in [0.2, 0.25) is 5.02 Å². The Labute approximate surface area is 114 Å². The molecule has 1 aliphatic rings. The molecule has 0 aromatic carbocycles. The van der Waals surface area contributed by atoms with Crippen LogP contribution >= 0.6 is 11.6 Å². The van der Waals surface area contributed by atoms with Crippen molar-refractivity contribution in [1.29, 1.82) is 0 Å². The molecule has 7 heteroatoms. The summed E-state index contributed by atoms with van der Waals surface area (Å²) in [5.74, 6) is 0.752. The first kappa shape index (κ1) is 14.4. The lowest BCUT2D eigenvalue weighted by Gasteiger charge is -2.33. The molecule has 0 amide bonds. The van der Waals surface area contributed by atoms with Crippen LogP contribution in [0.25, 0.3) is 0 Å². The van der Waals surface area contributed by atoms with Crippen molar-refractivity contribution < 1.29 is 13.2 Å². The third-order valence-corrected chi connectivity index (χ3v) is 3.58. The molecule has 1 unspecified atom stereocenters. The lowest BCUT2D eigenvalue weighted by atomic mass is 9.98. The highest BCUT2D eigenvalue weighted by Crippen LogP contribution is 2.34. The highest BCUT2D eigenvalue weighted by atomic mass is 35.5. The van der Waals surface area contributed by atoms with Crippen molar-refractivity contribution in [3.63, 3.8) is 0 Å². The summed E-state index contributed by atoms with van der Waals surface area (Å²) < 4.78 is 37.6. The van der Waals surface area contributed by atoms with Crippen molar-refractivity contribution in [1.82, 2.24) is 4.98 Å². The van der Waals surface area contributed by atoms with Gasteiger partial charge in [-0.05, 0) is 31.4 Å². The van der Waals surface area contributed by atoms with Gasteiger partial charge in [0, 0.05) is 19.3 Å². The number of nitrogens with zero attached hydrogens (tertiary/aromatic N) is 2. The Morgan fingerprint density at radius 1 is 1.47 bits per heavy atom. The van der Waals surface area contributed by atoms with Crippen LogP contribution in [0.5, 0.6) is 0 Å². The zero-order valence-electron chi connectivity index (χ0n) is 10.3. The summed E-state index contributed by atoms with van der Waals surface area (Å²) in [4.78, 5) is 5.78. The van der Waals surface area contributed by atoms with E-state index in [9.17, 15) is 13.2 Å². The molecular weight excluding hydrogens is 279 g/mol. The van der Waals surface area contributed by atoms with E-state index < -0.39 is 11.7 Å². The number of nitrogens with two attached hydrogens (primary N) is 1. The van der Waals surface area contributed by atoms with Crippen LogP contribution < -0.4 is 10.6 Å². The van der Waals surface area contributed by atoms with E-state index in [0.717, 1.165) is 31.6 Å². The molecule has 1 saturated heterocycles. The summed E-state index contributed by atoms with van der Waals surface area (Å²) in [6.07, 6.45) is -1.61. The molecule has 19 heavy (non-hydrogen) atoms. The molecule has 0 bridgehead atoms. The predicted octanol–water partition coefficient (Wildman–Crippen LogP) is 2.93. The fourth-order valence-electron chi connectivity index (χ4n) is 2.27. The summed E-state index contributed by atoms with van der Waals surface area (Å²) in [6, 6.07) is 0.927. The second-order valence-electron chi connectivity index (χ2n) is 4.72. The average molecular weight is 294 g/mol. The second-order valence-corrected chi connectivity index (χ2v) is 5.12. The Morgan fingerprint density at radius 3 is 2.79 bits per heavy atom. The molecule has 2 rings (SSSR count). The largest absolute Gasteiger partial charge is 0.417 e. The molecule has 1 atom stereocenters. The van der Waals surface area contributed by atoms with Crippen LogP contribution in [0.4, 0.5) is 19.0 Å². The number of alkyl halides is 3. The van der Waals surface area contributed by atoms with Crippen molar-refractivity contribution in [3.05, 3.63) is 22.8 Å². The van der Waals surface area contributed by atoms with Gasteiger partial charge >= 0.3 is 6.18 Å². The Kier molecular flexibility index (Phi) is 4.20. The zero-order chi connectivity index (χ0) is 14.0. The quantitative estimate of drug-likeness (QED) is 0.911. The molecule has 2 N–H and O–H groups in total. The van der Waals surface area contributed by atoms with E-state index in [4.69, 9.17) is 17.3 Å². The monoisotopic (exact) mass is 293 g/mol. The zero-order valence-corrected chi connectivity index (χ0v) is 11.0. The minimum absolute atomic E-state index is 0.0347. The number of hydrogen-bond donors (Lipinski definition) is 1. The van der Waals surface area contributed by atoms with Crippen molar-refractivity contribution in [3.8, 4) is 0 Å². The van der Waals surface area contributed by atoms with Crippen LogP contribution in [0.1, 0.15) is 18.4 Å². The van der Waals surface area contributed by atoms with Crippen molar-refractivity contribution in [2.24, 2.45) is 11.7 Å². The normalized spacial score (nSPS) is 20.7. The van der Waals surface area contributed by atoms with Gasteiger partial charge < -0.3 is 10.6 Å². The molecule has 1 aromatic rings. The summed E-state index contributed by atoms with van der Waals surface area (Å²) in [7, 11) is 0. The highest BCUT2D eigenvalue weighted by Gasteiger charge is 2.32. The summed E-state index contributed by atoms with van der Waals surface area (Å²) in [6.45, 7) is 2.00. The van der Waals surface area contributed by atoms with Gasteiger partial charge in [0.1, 0.15) is 5.82 Å². The van der Waals surface area contributed by atoms with Crippen LogP contribution in [-0.2, 0) is 6.18 Å². The maximum absolute atomic E-state index is 12.5. The average Bonchev–Trinajstić information content (AvgIpc) is 2.37. The fraction of sp³-hybridized carbons (Fsp3) is 0.583. The van der Waals surface area contributed by atoms with E-state index in [2.05, 4.69) is 4.98 Å². The Hall–Kier alpha value is -1.01. The van der Waals surface area contributed by atoms with Crippen LogP contribution in [0.15, 0.2) is 12.3 Å². The topological polar surface area (TPSA) is 42.1 Å². The lowest BCUT2D eigenvalue weighted by molar-refractivity contribution is -0.137. The van der Waals surface area contributed by atoms with E-state index in [1.807, 2.05) is 4.90 Å². The van der Waals surface area contributed by atoms with Crippen molar-refractivity contribution in [2.75, 3.05) is 24.5 Å². The smallest absolute Gasteiger partial charge is 0.355 e. The SMILES string of the molecule is NCC1CCCN(c2ncc(C(F)(F)F)cc2Cl)C1. The number of rotatable bonds is 2. The standard InChI is InChI=1S/C12H15ClF3N3/c13-10-4-9(12(14,15)16)6-18-11(10)19-3-1-2-8(5-17)7-19/h4,6,8H,1-3,5,7,17H2. The van der Waals surface area contributed by atoms with Gasteiger partial charge in [0.15, 0.2) is 0 Å². The first-order valence-corrected chi connectivity index (χ1v) is 6.47. The molecule has 0 radical (unpaired) electrons. The number of hydrogen-bond acceptors (Lipinski definition) is 3. The van der Waals surface area contributed by atoms with E-state index >= 15 is 0 Å². The van der Waals surface area contributed by atoms with Gasteiger partial charge in [-0.1, -0.05) is 11.6 Å². The van der Waals surface area contributed by atoms with E-state index in [0.29, 0.717) is 24.8 Å². The molecule has 0 saturated carbocycles. The number of pyridine rings is 1. The number of aromatic nitrogens is 1. The molecule has 0 aliphatic carbocycles. The maximum Gasteiger partial charge on any atom is 0.417 e. The van der Waals surface area contributed by atoms with Crippen LogP contribution in [0.3, 0.4) is 0 Å². The molecule has 1 aromatic heterocycles. The Balaban J connectivity index is 2.21. The molecule has 3 nitrogen and oxygen atoms in total. The molecule has 2 heterocycles. The van der Waals surface area contributed by atoms with Gasteiger partial charge in [0.2, 0.25) is 0 Å². The van der Waals surface area contributed by atoms with Gasteiger partial charge in [-0.3, -0.25) is 0 Å². The van der Waals surface area contributed by atoms with Crippen molar-refractivity contribution >= 4 is 17.4 Å². The van der Waals surface area contributed by atoms with E-state index in [-0.39, 0.29) is 5.02 Å². The van der Waals surface area contributed by atoms with Gasteiger partial charge in [-0.15, -0.1) is 0 Å². The maximum atomic E-state index is 12.5. The fourth-order valence-corrected chi connectivity index (χ4v) is 2.55. The third kappa shape index (κ3) is 3.30.